The fraction of sp³-hybridized carbons (Fsp3) is 0.278. The fourth-order valence-electron chi connectivity index (χ4n) is 3.56. The van der Waals surface area contributed by atoms with Gasteiger partial charge in [0.15, 0.2) is 10.9 Å². The third kappa shape index (κ3) is 2.85. The molecule has 0 amide bonds. The van der Waals surface area contributed by atoms with Crippen LogP contribution in [0.15, 0.2) is 50.0 Å². The van der Waals surface area contributed by atoms with Crippen molar-refractivity contribution in [1.82, 2.24) is 9.97 Å². The van der Waals surface area contributed by atoms with Crippen LogP contribution in [0.1, 0.15) is 36.3 Å². The third-order valence-electron chi connectivity index (χ3n) is 4.61. The lowest BCUT2D eigenvalue weighted by atomic mass is 9.76. The Hall–Kier alpha value is -1.86. The fourth-order valence-corrected chi connectivity index (χ4v) is 4.35. The van der Waals surface area contributed by atoms with Crippen LogP contribution in [-0.2, 0) is 4.79 Å². The summed E-state index contributed by atoms with van der Waals surface area (Å²) in [6.07, 6.45) is 4.01. The SMILES string of the molecule is CSc1nc2c(c(=O)[nH]1)[C@@H](c1cccc(Br)c1)C1=C(CCCC1=O)N2. The minimum absolute atomic E-state index is 0.109. The highest BCUT2D eigenvalue weighted by atomic mass is 79.9. The second-order valence-corrected chi connectivity index (χ2v) is 7.83. The van der Waals surface area contributed by atoms with Gasteiger partial charge in [-0.05, 0) is 36.8 Å². The monoisotopic (exact) mass is 417 g/mol. The van der Waals surface area contributed by atoms with E-state index in [2.05, 4.69) is 31.2 Å². The van der Waals surface area contributed by atoms with Gasteiger partial charge in [0.25, 0.3) is 5.56 Å². The van der Waals surface area contributed by atoms with E-state index >= 15 is 0 Å². The summed E-state index contributed by atoms with van der Waals surface area (Å²) in [6.45, 7) is 0. The van der Waals surface area contributed by atoms with Crippen molar-refractivity contribution < 1.29 is 4.79 Å². The molecule has 0 radical (unpaired) electrons. The number of Topliss-reactive ketones (excluding diaryl/α,β-unsaturated/α-hetero) is 1. The molecule has 0 spiro atoms. The molecular weight excluding hydrogens is 402 g/mol. The van der Waals surface area contributed by atoms with Crippen molar-refractivity contribution in [3.8, 4) is 0 Å². The highest BCUT2D eigenvalue weighted by Gasteiger charge is 2.37. The molecule has 1 aromatic carbocycles. The molecule has 2 aliphatic rings. The number of aromatic amines is 1. The molecule has 1 aliphatic heterocycles. The van der Waals surface area contributed by atoms with E-state index in [1.807, 2.05) is 30.5 Å². The van der Waals surface area contributed by atoms with Crippen LogP contribution in [0.2, 0.25) is 0 Å². The Morgan fingerprint density at radius 1 is 1.28 bits per heavy atom. The zero-order valence-electron chi connectivity index (χ0n) is 13.6. The van der Waals surface area contributed by atoms with Gasteiger partial charge in [-0.3, -0.25) is 9.59 Å². The van der Waals surface area contributed by atoms with Crippen LogP contribution >= 0.6 is 27.7 Å². The quantitative estimate of drug-likeness (QED) is 0.573. The predicted molar refractivity (Wildman–Crippen MR) is 102 cm³/mol. The molecule has 7 heteroatoms. The molecule has 1 aromatic heterocycles. The first-order valence-electron chi connectivity index (χ1n) is 8.05. The van der Waals surface area contributed by atoms with Gasteiger partial charge < -0.3 is 10.3 Å². The maximum absolute atomic E-state index is 12.8. The average Bonchev–Trinajstić information content (AvgIpc) is 2.60. The number of fused-ring (bicyclic) bond motifs is 1. The number of nitrogens with one attached hydrogen (secondary N) is 2. The Bertz CT molecular complexity index is 967. The number of ketones is 1. The molecule has 0 unspecified atom stereocenters. The molecular formula is C18H16BrN3O2S. The second kappa shape index (κ2) is 6.46. The van der Waals surface area contributed by atoms with E-state index in [9.17, 15) is 9.59 Å². The molecule has 2 N–H and O–H groups in total. The van der Waals surface area contributed by atoms with Gasteiger partial charge in [0.1, 0.15) is 5.82 Å². The number of carbonyl (C=O) groups excluding carboxylic acids is 1. The lowest BCUT2D eigenvalue weighted by Gasteiger charge is -2.32. The Balaban J connectivity index is 2.00. The van der Waals surface area contributed by atoms with Gasteiger partial charge in [-0.1, -0.05) is 39.8 Å². The molecule has 1 atom stereocenters. The topological polar surface area (TPSA) is 74.8 Å². The standard InChI is InChI=1S/C18H16BrN3O2S/c1-25-18-21-16-15(17(24)22-18)13(9-4-2-5-10(19)8-9)14-11(20-16)6-3-7-12(14)23/h2,4-5,8,13H,3,6-7H2,1H3,(H2,20,21,22,24)/t13-/m0/s1. The number of benzene rings is 1. The number of carbonyl (C=O) groups is 1. The summed E-state index contributed by atoms with van der Waals surface area (Å²) in [6, 6.07) is 7.78. The van der Waals surface area contributed by atoms with Crippen molar-refractivity contribution in [3.05, 3.63) is 61.5 Å². The van der Waals surface area contributed by atoms with E-state index < -0.39 is 0 Å². The van der Waals surface area contributed by atoms with Gasteiger partial charge in [0.2, 0.25) is 0 Å². The van der Waals surface area contributed by atoms with E-state index in [4.69, 9.17) is 0 Å². The van der Waals surface area contributed by atoms with Crippen LogP contribution in [0, 0.1) is 0 Å². The van der Waals surface area contributed by atoms with Crippen molar-refractivity contribution in [2.75, 3.05) is 11.6 Å². The van der Waals surface area contributed by atoms with Crippen LogP contribution in [0.25, 0.3) is 0 Å². The molecule has 2 heterocycles. The van der Waals surface area contributed by atoms with Gasteiger partial charge in [0.05, 0.1) is 5.56 Å². The highest BCUT2D eigenvalue weighted by molar-refractivity contribution is 9.10. The van der Waals surface area contributed by atoms with E-state index in [1.165, 1.54) is 11.8 Å². The van der Waals surface area contributed by atoms with E-state index in [0.717, 1.165) is 28.6 Å². The van der Waals surface area contributed by atoms with Crippen molar-refractivity contribution in [1.29, 1.82) is 0 Å². The zero-order chi connectivity index (χ0) is 17.6. The number of thioether (sulfide) groups is 1. The minimum Gasteiger partial charge on any atom is -0.343 e. The summed E-state index contributed by atoms with van der Waals surface area (Å²) in [7, 11) is 0. The van der Waals surface area contributed by atoms with Gasteiger partial charge in [-0.15, -0.1) is 0 Å². The Labute approximate surface area is 157 Å². The number of rotatable bonds is 2. The predicted octanol–water partition coefficient (Wildman–Crippen LogP) is 3.82. The van der Waals surface area contributed by atoms with Crippen molar-refractivity contribution in [3.63, 3.8) is 0 Å². The number of anilines is 1. The summed E-state index contributed by atoms with van der Waals surface area (Å²) in [4.78, 5) is 32.9. The van der Waals surface area contributed by atoms with Crippen molar-refractivity contribution in [2.24, 2.45) is 0 Å². The Kier molecular flexibility index (Phi) is 4.29. The normalized spacial score (nSPS) is 19.3. The van der Waals surface area contributed by atoms with Gasteiger partial charge in [-0.25, -0.2) is 4.98 Å². The van der Waals surface area contributed by atoms with Crippen molar-refractivity contribution >= 4 is 39.3 Å². The lowest BCUT2D eigenvalue weighted by molar-refractivity contribution is -0.116. The minimum atomic E-state index is -0.385. The van der Waals surface area contributed by atoms with Crippen LogP contribution in [-0.4, -0.2) is 22.0 Å². The van der Waals surface area contributed by atoms with E-state index in [0.29, 0.717) is 28.5 Å². The lowest BCUT2D eigenvalue weighted by Crippen LogP contribution is -2.32. The van der Waals surface area contributed by atoms with Gasteiger partial charge in [0, 0.05) is 28.1 Å². The van der Waals surface area contributed by atoms with Crippen LogP contribution in [0.4, 0.5) is 5.82 Å². The summed E-state index contributed by atoms with van der Waals surface area (Å²) >= 11 is 4.88. The summed E-state index contributed by atoms with van der Waals surface area (Å²) < 4.78 is 0.917. The number of allylic oxidation sites excluding steroid dienone is 2. The Morgan fingerprint density at radius 2 is 2.12 bits per heavy atom. The maximum atomic E-state index is 12.8. The largest absolute Gasteiger partial charge is 0.343 e. The first-order valence-corrected chi connectivity index (χ1v) is 10.1. The maximum Gasteiger partial charge on any atom is 0.257 e. The molecule has 2 aromatic rings. The molecule has 4 rings (SSSR count). The van der Waals surface area contributed by atoms with E-state index in [-0.39, 0.29) is 17.3 Å². The first kappa shape index (κ1) is 16.6. The van der Waals surface area contributed by atoms with Gasteiger partial charge >= 0.3 is 0 Å². The smallest absolute Gasteiger partial charge is 0.257 e. The number of H-pyrrole nitrogens is 1. The highest BCUT2D eigenvalue weighted by Crippen LogP contribution is 2.43. The number of nitrogens with zero attached hydrogens (tertiary/aromatic N) is 1. The number of hydrogen-bond acceptors (Lipinski definition) is 5. The molecule has 1 aliphatic carbocycles. The number of halogens is 1. The Morgan fingerprint density at radius 3 is 2.88 bits per heavy atom. The number of hydrogen-bond donors (Lipinski definition) is 2. The molecule has 0 saturated carbocycles. The summed E-state index contributed by atoms with van der Waals surface area (Å²) in [5, 5.41) is 3.83. The molecule has 0 bridgehead atoms. The first-order chi connectivity index (χ1) is 12.1. The van der Waals surface area contributed by atoms with E-state index in [1.54, 1.807) is 0 Å². The number of aromatic nitrogens is 2. The third-order valence-corrected chi connectivity index (χ3v) is 5.68. The average molecular weight is 418 g/mol. The molecule has 25 heavy (non-hydrogen) atoms. The molecule has 0 saturated heterocycles. The molecule has 5 nitrogen and oxygen atoms in total. The van der Waals surface area contributed by atoms with Gasteiger partial charge in [-0.2, -0.15) is 0 Å². The summed E-state index contributed by atoms with van der Waals surface area (Å²) in [5.74, 6) is 0.285. The van der Waals surface area contributed by atoms with Crippen LogP contribution in [0.5, 0.6) is 0 Å². The van der Waals surface area contributed by atoms with Crippen molar-refractivity contribution in [2.45, 2.75) is 30.3 Å². The second-order valence-electron chi connectivity index (χ2n) is 6.12. The zero-order valence-corrected chi connectivity index (χ0v) is 16.0. The molecule has 0 fully saturated rings. The summed E-state index contributed by atoms with van der Waals surface area (Å²) in [5.41, 5.74) is 2.85. The van der Waals surface area contributed by atoms with Crippen LogP contribution in [0.3, 0.4) is 0 Å². The molecule has 128 valence electrons. The van der Waals surface area contributed by atoms with Crippen LogP contribution < -0.4 is 10.9 Å².